The van der Waals surface area contributed by atoms with Crippen molar-refractivity contribution in [3.63, 3.8) is 0 Å². The minimum absolute atomic E-state index is 0.0460. The van der Waals surface area contributed by atoms with Gasteiger partial charge in [-0.15, -0.1) is 0 Å². The number of likely N-dealkylation sites (tertiary alicyclic amines) is 1. The first-order chi connectivity index (χ1) is 11.3. The molecule has 3 rings (SSSR count). The monoisotopic (exact) mass is 309 g/mol. The average Bonchev–Trinajstić information content (AvgIpc) is 3.14. The Morgan fingerprint density at radius 3 is 2.61 bits per heavy atom. The predicted octanol–water partition coefficient (Wildman–Crippen LogP) is 2.52. The Balaban J connectivity index is 1.63. The number of nitrogens with zero attached hydrogens (tertiary/aromatic N) is 2. The molecule has 1 amide bonds. The van der Waals surface area contributed by atoms with Crippen molar-refractivity contribution in [2.45, 2.75) is 25.3 Å². The zero-order valence-electron chi connectivity index (χ0n) is 13.3. The topological polar surface area (TPSA) is 45.2 Å². The van der Waals surface area contributed by atoms with E-state index in [1.807, 2.05) is 6.07 Å². The maximum Gasteiger partial charge on any atom is 0.252 e. The number of hydrogen-bond donors (Lipinski definition) is 1. The summed E-state index contributed by atoms with van der Waals surface area (Å²) in [6.45, 7) is 2.92. The van der Waals surface area contributed by atoms with Crippen molar-refractivity contribution in [3.05, 3.63) is 66.0 Å². The van der Waals surface area contributed by atoms with Gasteiger partial charge in [-0.25, -0.2) is 0 Å². The van der Waals surface area contributed by atoms with Crippen LogP contribution in [0.3, 0.4) is 0 Å². The van der Waals surface area contributed by atoms with E-state index in [4.69, 9.17) is 0 Å². The molecule has 120 valence electrons. The number of aromatic nitrogens is 1. The lowest BCUT2D eigenvalue weighted by Gasteiger charge is -2.28. The molecule has 1 N–H and O–H groups in total. The summed E-state index contributed by atoms with van der Waals surface area (Å²) < 4.78 is 0. The number of rotatable bonds is 6. The van der Waals surface area contributed by atoms with Crippen LogP contribution in [0.25, 0.3) is 0 Å². The molecule has 1 aromatic heterocycles. The van der Waals surface area contributed by atoms with E-state index < -0.39 is 0 Å². The van der Waals surface area contributed by atoms with E-state index in [-0.39, 0.29) is 5.91 Å². The van der Waals surface area contributed by atoms with E-state index in [0.29, 0.717) is 18.2 Å². The first-order valence-electron chi connectivity index (χ1n) is 8.29. The van der Waals surface area contributed by atoms with Crippen LogP contribution >= 0.6 is 0 Å². The fourth-order valence-electron chi connectivity index (χ4n) is 3.13. The molecule has 0 saturated carbocycles. The zero-order valence-corrected chi connectivity index (χ0v) is 13.3. The van der Waals surface area contributed by atoms with Gasteiger partial charge in [0.15, 0.2) is 0 Å². The maximum atomic E-state index is 12.2. The molecule has 2 heterocycles. The minimum atomic E-state index is -0.0460. The second-order valence-electron chi connectivity index (χ2n) is 6.04. The summed E-state index contributed by atoms with van der Waals surface area (Å²) in [5, 5.41) is 3.08. The van der Waals surface area contributed by atoms with Crippen LogP contribution < -0.4 is 5.32 Å². The van der Waals surface area contributed by atoms with Gasteiger partial charge in [-0.1, -0.05) is 30.3 Å². The van der Waals surface area contributed by atoms with Gasteiger partial charge in [0.05, 0.1) is 5.56 Å². The molecule has 1 fully saturated rings. The van der Waals surface area contributed by atoms with Crippen molar-refractivity contribution < 1.29 is 4.79 Å². The summed E-state index contributed by atoms with van der Waals surface area (Å²) in [6, 6.07) is 14.4. The average molecular weight is 309 g/mol. The number of amides is 1. The Kier molecular flexibility index (Phi) is 5.37. The molecule has 1 saturated heterocycles. The van der Waals surface area contributed by atoms with Crippen molar-refractivity contribution >= 4 is 5.91 Å². The standard InChI is InChI=1S/C19H23N3O/c23-19(17-9-6-10-20-14-17)21-15-18(22-11-4-5-12-22)13-16-7-2-1-3-8-16/h1-3,6-10,14,18H,4-5,11-13,15H2,(H,21,23). The number of benzene rings is 1. The number of nitrogens with one attached hydrogen (secondary N) is 1. The van der Waals surface area contributed by atoms with Gasteiger partial charge in [0.25, 0.3) is 5.91 Å². The fraction of sp³-hybridized carbons (Fsp3) is 0.368. The summed E-state index contributed by atoms with van der Waals surface area (Å²) in [5.74, 6) is -0.0460. The number of hydrogen-bond acceptors (Lipinski definition) is 3. The number of pyridine rings is 1. The van der Waals surface area contributed by atoms with Gasteiger partial charge in [-0.05, 0) is 50.0 Å². The van der Waals surface area contributed by atoms with E-state index >= 15 is 0 Å². The third kappa shape index (κ3) is 4.39. The molecule has 4 nitrogen and oxygen atoms in total. The highest BCUT2D eigenvalue weighted by Gasteiger charge is 2.22. The molecule has 4 heteroatoms. The molecule has 0 radical (unpaired) electrons. The first kappa shape index (κ1) is 15.7. The van der Waals surface area contributed by atoms with Gasteiger partial charge in [-0.3, -0.25) is 14.7 Å². The van der Waals surface area contributed by atoms with Gasteiger partial charge in [0, 0.05) is 25.0 Å². The van der Waals surface area contributed by atoms with Crippen molar-refractivity contribution in [2.75, 3.05) is 19.6 Å². The van der Waals surface area contributed by atoms with Crippen LogP contribution in [-0.4, -0.2) is 41.5 Å². The quantitative estimate of drug-likeness (QED) is 0.892. The van der Waals surface area contributed by atoms with Gasteiger partial charge in [0.1, 0.15) is 0 Å². The van der Waals surface area contributed by atoms with E-state index in [9.17, 15) is 4.79 Å². The van der Waals surface area contributed by atoms with Crippen LogP contribution in [0.5, 0.6) is 0 Å². The van der Waals surface area contributed by atoms with Crippen molar-refractivity contribution in [1.29, 1.82) is 0 Å². The summed E-state index contributed by atoms with van der Waals surface area (Å²) in [7, 11) is 0. The van der Waals surface area contributed by atoms with E-state index in [1.54, 1.807) is 24.5 Å². The zero-order chi connectivity index (χ0) is 15.9. The van der Waals surface area contributed by atoms with E-state index in [1.165, 1.54) is 18.4 Å². The minimum Gasteiger partial charge on any atom is -0.350 e. The van der Waals surface area contributed by atoms with Gasteiger partial charge in [0.2, 0.25) is 0 Å². The second-order valence-corrected chi connectivity index (χ2v) is 6.04. The lowest BCUT2D eigenvalue weighted by molar-refractivity contribution is 0.0937. The SMILES string of the molecule is O=C(NCC(Cc1ccccc1)N1CCCC1)c1cccnc1. The lowest BCUT2D eigenvalue weighted by Crippen LogP contribution is -2.44. The Morgan fingerprint density at radius 2 is 1.91 bits per heavy atom. The second kappa shape index (κ2) is 7.88. The molecule has 23 heavy (non-hydrogen) atoms. The third-order valence-electron chi connectivity index (χ3n) is 4.39. The van der Waals surface area contributed by atoms with Crippen LogP contribution in [0.15, 0.2) is 54.9 Å². The van der Waals surface area contributed by atoms with Crippen LogP contribution in [0.1, 0.15) is 28.8 Å². The van der Waals surface area contributed by atoms with Crippen LogP contribution in [0.4, 0.5) is 0 Å². The van der Waals surface area contributed by atoms with Crippen molar-refractivity contribution in [3.8, 4) is 0 Å². The van der Waals surface area contributed by atoms with E-state index in [0.717, 1.165) is 19.5 Å². The normalized spacial score (nSPS) is 16.2. The summed E-state index contributed by atoms with van der Waals surface area (Å²) in [4.78, 5) is 18.8. The predicted molar refractivity (Wildman–Crippen MR) is 91.3 cm³/mol. The molecule has 1 aromatic carbocycles. The number of carbonyl (C=O) groups is 1. The molecule has 1 unspecified atom stereocenters. The highest BCUT2D eigenvalue weighted by molar-refractivity contribution is 5.93. The highest BCUT2D eigenvalue weighted by Crippen LogP contribution is 2.15. The highest BCUT2D eigenvalue weighted by atomic mass is 16.1. The lowest BCUT2D eigenvalue weighted by atomic mass is 10.0. The maximum absolute atomic E-state index is 12.2. The molecular formula is C19H23N3O. The summed E-state index contributed by atoms with van der Waals surface area (Å²) in [6.07, 6.45) is 6.76. The van der Waals surface area contributed by atoms with Crippen LogP contribution in [-0.2, 0) is 6.42 Å². The molecule has 1 atom stereocenters. The molecule has 0 aliphatic carbocycles. The fourth-order valence-corrected chi connectivity index (χ4v) is 3.13. The van der Waals surface area contributed by atoms with E-state index in [2.05, 4.69) is 39.5 Å². The van der Waals surface area contributed by atoms with Crippen LogP contribution in [0.2, 0.25) is 0 Å². The molecule has 2 aromatic rings. The Bertz CT molecular complexity index is 609. The first-order valence-corrected chi connectivity index (χ1v) is 8.29. The van der Waals surface area contributed by atoms with Gasteiger partial charge >= 0.3 is 0 Å². The molecule has 0 spiro atoms. The molecular weight excluding hydrogens is 286 g/mol. The molecule has 1 aliphatic rings. The van der Waals surface area contributed by atoms with Gasteiger partial charge < -0.3 is 5.32 Å². The van der Waals surface area contributed by atoms with Crippen molar-refractivity contribution in [1.82, 2.24) is 15.2 Å². The molecule has 1 aliphatic heterocycles. The van der Waals surface area contributed by atoms with Gasteiger partial charge in [-0.2, -0.15) is 0 Å². The van der Waals surface area contributed by atoms with Crippen LogP contribution in [0, 0.1) is 0 Å². The Morgan fingerprint density at radius 1 is 1.13 bits per heavy atom. The third-order valence-corrected chi connectivity index (χ3v) is 4.39. The van der Waals surface area contributed by atoms with Crippen molar-refractivity contribution in [2.24, 2.45) is 0 Å². The number of carbonyl (C=O) groups excluding carboxylic acids is 1. The Labute approximate surface area is 137 Å². The smallest absolute Gasteiger partial charge is 0.252 e. The largest absolute Gasteiger partial charge is 0.350 e. The summed E-state index contributed by atoms with van der Waals surface area (Å²) in [5.41, 5.74) is 1.94. The summed E-state index contributed by atoms with van der Waals surface area (Å²) >= 11 is 0. The Hall–Kier alpha value is -2.20. The molecule has 0 bridgehead atoms.